The Hall–Kier alpha value is 0.783. The zero-order chi connectivity index (χ0) is 5.21. The predicted octanol–water partition coefficient (Wildman–Crippen LogP) is -0.0429. The van der Waals surface area contributed by atoms with Crippen LogP contribution >= 0.6 is 11.9 Å². The molecule has 0 radical (unpaired) electrons. The van der Waals surface area contributed by atoms with Gasteiger partial charge in [-0.05, 0) is 0 Å². The van der Waals surface area contributed by atoms with Gasteiger partial charge in [-0.15, -0.1) is 3.74 Å². The summed E-state index contributed by atoms with van der Waals surface area (Å²) in [6.45, 7) is 0. The number of hydrogen-bond acceptors (Lipinski definition) is 3. The van der Waals surface area contributed by atoms with Crippen LogP contribution in [0, 0.1) is 0 Å². The van der Waals surface area contributed by atoms with Gasteiger partial charge in [0.1, 0.15) is 0 Å². The predicted molar refractivity (Wildman–Crippen MR) is 18.5 cm³/mol. The zero-order valence-corrected chi connectivity index (χ0v) is 7.70. The van der Waals surface area contributed by atoms with E-state index >= 15 is 0 Å². The van der Waals surface area contributed by atoms with Crippen LogP contribution in [0.5, 0.6) is 0 Å². The van der Waals surface area contributed by atoms with Gasteiger partial charge in [-0.1, -0.05) is 0 Å². The molecule has 0 atom stereocenters. The Morgan fingerprint density at radius 1 is 1.57 bits per heavy atom. The quantitative estimate of drug-likeness (QED) is 0.474. The average Bonchev–Trinajstić information content (AvgIpc) is 1.35. The van der Waals surface area contributed by atoms with Crippen LogP contribution in [0.1, 0.15) is 0 Å². The van der Waals surface area contributed by atoms with Crippen LogP contribution in [0.15, 0.2) is 0 Å². The van der Waals surface area contributed by atoms with Gasteiger partial charge in [-0.25, -0.2) is 0 Å². The number of hydrogen-bond donors (Lipinski definition) is 1. The van der Waals surface area contributed by atoms with E-state index in [9.17, 15) is 8.42 Å². The van der Waals surface area contributed by atoms with E-state index in [1.165, 1.54) is 0 Å². The minimum atomic E-state index is -4.40. The fraction of sp³-hybridized carbons (Fsp3) is 0. The molecule has 7 heavy (non-hydrogen) atoms. The van der Waals surface area contributed by atoms with E-state index in [0.717, 1.165) is 0 Å². The molecule has 0 bridgehead atoms. The maximum atomic E-state index is 9.20. The molecule has 40 valence electrons. The summed E-state index contributed by atoms with van der Waals surface area (Å²) < 4.78 is 28.8. The van der Waals surface area contributed by atoms with Crippen molar-refractivity contribution in [2.24, 2.45) is 0 Å². The van der Waals surface area contributed by atoms with Gasteiger partial charge in [0.05, 0.1) is 11.9 Å². The van der Waals surface area contributed by atoms with Crippen molar-refractivity contribution < 1.29 is 36.2 Å². The normalized spacial score (nSPS) is 10.0. The molecule has 1 N–H and O–H groups in total. The van der Waals surface area contributed by atoms with E-state index in [0.29, 0.717) is 0 Å². The van der Waals surface area contributed by atoms with Crippen LogP contribution in [-0.2, 0) is 33.6 Å². The first-order chi connectivity index (χ1) is 2.56. The third-order valence-electron chi connectivity index (χ3n) is 0.0796. The topological polar surface area (TPSA) is 63.6 Å². The van der Waals surface area contributed by atoms with Crippen molar-refractivity contribution >= 4 is 22.3 Å². The minimum Gasteiger partial charge on any atom is -0.263 e. The summed E-state index contributed by atoms with van der Waals surface area (Å²) in [5.74, 6) is 0. The fourth-order valence-electron chi connectivity index (χ4n) is 0. The molecule has 0 aromatic heterocycles. The van der Waals surface area contributed by atoms with Crippen LogP contribution in [0.4, 0.5) is 0 Å². The van der Waals surface area contributed by atoms with E-state index in [-0.39, 0.29) is 19.5 Å². The molecule has 0 aromatic rings. The van der Waals surface area contributed by atoms with Crippen LogP contribution in [0.3, 0.4) is 0 Å². The Kier molecular flexibility index (Phi) is 5.73. The Morgan fingerprint density at radius 2 is 1.71 bits per heavy atom. The van der Waals surface area contributed by atoms with Crippen LogP contribution in [-0.4, -0.2) is 13.0 Å². The molecule has 4 nitrogen and oxygen atoms in total. The molecule has 0 aliphatic rings. The van der Waals surface area contributed by atoms with Gasteiger partial charge in [0.15, 0.2) is 0 Å². The molecule has 0 saturated carbocycles. The van der Waals surface area contributed by atoms with Crippen LogP contribution in [0.25, 0.3) is 0 Å². The molecule has 0 heterocycles. The van der Waals surface area contributed by atoms with Crippen molar-refractivity contribution in [1.29, 1.82) is 0 Å². The molecule has 0 aliphatic carbocycles. The number of halogens is 1. The first-order valence-corrected chi connectivity index (χ1v) is 2.51. The summed E-state index contributed by atoms with van der Waals surface area (Å²) in [5, 5.41) is 0. The molecule has 0 fully saturated rings. The Bertz CT molecular complexity index is 114. The first kappa shape index (κ1) is 10.7. The average molecular weight is 198 g/mol. The first-order valence-electron chi connectivity index (χ1n) is 0.837. The smallest absolute Gasteiger partial charge is 0.263 e. The van der Waals surface area contributed by atoms with Gasteiger partial charge >= 0.3 is 10.4 Å². The van der Waals surface area contributed by atoms with Crippen molar-refractivity contribution in [3.63, 3.8) is 0 Å². The van der Waals surface area contributed by atoms with Crippen molar-refractivity contribution in [2.45, 2.75) is 0 Å². The summed E-state index contributed by atoms with van der Waals surface area (Å²) >= 11 is 4.14. The second kappa shape index (κ2) is 3.75. The summed E-state index contributed by atoms with van der Waals surface area (Å²) in [7, 11) is -4.40. The Morgan fingerprint density at radius 3 is 1.71 bits per heavy atom. The molecule has 7 heteroatoms. The summed E-state index contributed by atoms with van der Waals surface area (Å²) in [4.78, 5) is 0. The van der Waals surface area contributed by atoms with E-state index in [1.807, 2.05) is 0 Å². The van der Waals surface area contributed by atoms with E-state index in [1.54, 1.807) is 0 Å². The van der Waals surface area contributed by atoms with E-state index in [4.69, 9.17) is 4.55 Å². The second-order valence-corrected chi connectivity index (χ2v) is 1.85. The monoisotopic (exact) mass is 196 g/mol. The van der Waals surface area contributed by atoms with Crippen molar-refractivity contribution in [1.82, 2.24) is 0 Å². The van der Waals surface area contributed by atoms with Gasteiger partial charge in [0, 0.05) is 19.5 Å². The second-order valence-electron chi connectivity index (χ2n) is 0.491. The van der Waals surface area contributed by atoms with Crippen molar-refractivity contribution in [2.75, 3.05) is 0 Å². The van der Waals surface area contributed by atoms with E-state index in [2.05, 4.69) is 15.6 Å². The van der Waals surface area contributed by atoms with Crippen molar-refractivity contribution in [3.05, 3.63) is 0 Å². The Labute approximate surface area is 58.7 Å². The molecule has 0 rings (SSSR count). The fourth-order valence-corrected chi connectivity index (χ4v) is 0. The van der Waals surface area contributed by atoms with Crippen LogP contribution in [0.2, 0.25) is 0 Å². The summed E-state index contributed by atoms with van der Waals surface area (Å²) in [6.07, 6.45) is 0. The standard InChI is InChI=1S/ClHO4S.Zn/c1-5-6(2,3)4;/h(H,2,3,4);. The molecule has 0 unspecified atom stereocenters. The SMILES string of the molecule is O=S(=O)(O)OCl.[Zn]. The minimum absolute atomic E-state index is 0. The largest absolute Gasteiger partial charge is 0.413 e. The van der Waals surface area contributed by atoms with Gasteiger partial charge in [-0.2, -0.15) is 8.42 Å². The summed E-state index contributed by atoms with van der Waals surface area (Å²) in [5.41, 5.74) is 0. The molecule has 0 aromatic carbocycles. The van der Waals surface area contributed by atoms with Gasteiger partial charge in [0.2, 0.25) is 0 Å². The van der Waals surface area contributed by atoms with Gasteiger partial charge < -0.3 is 0 Å². The van der Waals surface area contributed by atoms with Crippen molar-refractivity contribution in [3.8, 4) is 0 Å². The molecule has 0 spiro atoms. The zero-order valence-electron chi connectivity index (χ0n) is 3.17. The molecular weight excluding hydrogens is 197 g/mol. The van der Waals surface area contributed by atoms with Crippen LogP contribution < -0.4 is 0 Å². The maximum absolute atomic E-state index is 9.20. The van der Waals surface area contributed by atoms with Gasteiger partial charge in [0.25, 0.3) is 0 Å². The Balaban J connectivity index is 0. The third kappa shape index (κ3) is 10.8. The molecule has 0 aliphatic heterocycles. The molecule has 0 saturated heterocycles. The maximum Gasteiger partial charge on any atom is 0.413 e. The third-order valence-corrected chi connectivity index (χ3v) is 0.716. The molecule has 0 amide bonds. The molecular formula is HClO4SZn. The van der Waals surface area contributed by atoms with Gasteiger partial charge in [-0.3, -0.25) is 4.55 Å². The van der Waals surface area contributed by atoms with E-state index < -0.39 is 10.4 Å². The summed E-state index contributed by atoms with van der Waals surface area (Å²) in [6, 6.07) is 0. The number of rotatable bonds is 1.